The molecule has 1 amide bonds. The Morgan fingerprint density at radius 2 is 2.21 bits per heavy atom. The molecule has 1 unspecified atom stereocenters. The summed E-state index contributed by atoms with van der Waals surface area (Å²) >= 11 is 0. The summed E-state index contributed by atoms with van der Waals surface area (Å²) in [5.74, 6) is 0.832. The van der Waals surface area contributed by atoms with Gasteiger partial charge < -0.3 is 9.88 Å². The highest BCUT2D eigenvalue weighted by atomic mass is 32.2. The van der Waals surface area contributed by atoms with Crippen molar-refractivity contribution < 1.29 is 13.2 Å². The van der Waals surface area contributed by atoms with E-state index < -0.39 is 9.84 Å². The molecule has 0 saturated carbocycles. The van der Waals surface area contributed by atoms with Crippen molar-refractivity contribution in [1.29, 1.82) is 0 Å². The van der Waals surface area contributed by atoms with Gasteiger partial charge in [-0.15, -0.1) is 0 Å². The van der Waals surface area contributed by atoms with Gasteiger partial charge in [-0.25, -0.2) is 13.4 Å². The molecular formula is C17H21N3O3S. The average Bonchev–Trinajstić information content (AvgIpc) is 2.85. The molecular weight excluding hydrogens is 326 g/mol. The molecule has 128 valence electrons. The molecule has 1 aromatic heterocycles. The van der Waals surface area contributed by atoms with Crippen LogP contribution in [0.25, 0.3) is 0 Å². The van der Waals surface area contributed by atoms with Crippen LogP contribution in [0.5, 0.6) is 0 Å². The summed E-state index contributed by atoms with van der Waals surface area (Å²) in [5, 5.41) is 3.04. The number of rotatable bonds is 4. The second-order valence-corrected chi connectivity index (χ2v) is 8.57. The van der Waals surface area contributed by atoms with Crippen LogP contribution in [-0.2, 0) is 28.6 Å². The molecule has 1 aliphatic rings. The molecule has 2 aromatic rings. The second kappa shape index (κ2) is 6.39. The van der Waals surface area contributed by atoms with Crippen LogP contribution in [0.1, 0.15) is 33.9 Å². The van der Waals surface area contributed by atoms with E-state index in [4.69, 9.17) is 0 Å². The fraction of sp³-hybridized carbons (Fsp3) is 0.412. The number of hydrogen-bond donors (Lipinski definition) is 1. The molecule has 1 aromatic carbocycles. The normalized spacial score (nSPS) is 17.3. The standard InChI is InChI=1S/C17H21N3O3S/c1-12-9-20-10-15(6-7-16(20)18-12)19-17(21)14-5-3-4-13(8-14)11-24(2,22)23/h3-5,8-9,15H,6-7,10-11H2,1-2H3,(H,19,21). The van der Waals surface area contributed by atoms with Gasteiger partial charge in [0, 0.05) is 37.0 Å². The molecule has 1 atom stereocenters. The third-order valence-corrected chi connectivity index (χ3v) is 4.92. The molecule has 3 rings (SSSR count). The van der Waals surface area contributed by atoms with E-state index in [1.165, 1.54) is 6.26 Å². The number of aryl methyl sites for hydroxylation is 2. The first-order chi connectivity index (χ1) is 11.3. The smallest absolute Gasteiger partial charge is 0.251 e. The largest absolute Gasteiger partial charge is 0.347 e. The SMILES string of the molecule is Cc1cn2c(n1)CCC(NC(=O)c1cccc(CS(C)(=O)=O)c1)C2. The Labute approximate surface area is 141 Å². The molecule has 7 heteroatoms. The van der Waals surface area contributed by atoms with Crippen LogP contribution < -0.4 is 5.32 Å². The fourth-order valence-corrected chi connectivity index (χ4v) is 3.86. The number of hydrogen-bond acceptors (Lipinski definition) is 4. The Hall–Kier alpha value is -2.15. The van der Waals surface area contributed by atoms with Gasteiger partial charge in [-0.2, -0.15) is 0 Å². The van der Waals surface area contributed by atoms with E-state index in [1.54, 1.807) is 24.3 Å². The molecule has 1 N–H and O–H groups in total. The highest BCUT2D eigenvalue weighted by molar-refractivity contribution is 7.89. The third kappa shape index (κ3) is 4.03. The van der Waals surface area contributed by atoms with E-state index in [1.807, 2.05) is 13.1 Å². The summed E-state index contributed by atoms with van der Waals surface area (Å²) in [5.41, 5.74) is 2.11. The van der Waals surface area contributed by atoms with Crippen LogP contribution in [0.3, 0.4) is 0 Å². The van der Waals surface area contributed by atoms with Crippen LogP contribution in [-0.4, -0.2) is 36.2 Å². The maximum atomic E-state index is 12.5. The van der Waals surface area contributed by atoms with Crippen molar-refractivity contribution in [2.45, 2.75) is 38.1 Å². The summed E-state index contributed by atoms with van der Waals surface area (Å²) in [6, 6.07) is 6.84. The fourth-order valence-electron chi connectivity index (χ4n) is 3.08. The Kier molecular flexibility index (Phi) is 4.45. The van der Waals surface area contributed by atoms with Crippen molar-refractivity contribution >= 4 is 15.7 Å². The van der Waals surface area contributed by atoms with E-state index in [0.29, 0.717) is 17.7 Å². The van der Waals surface area contributed by atoms with Gasteiger partial charge in [0.05, 0.1) is 11.4 Å². The summed E-state index contributed by atoms with van der Waals surface area (Å²) in [7, 11) is -3.12. The zero-order valence-corrected chi connectivity index (χ0v) is 14.6. The first kappa shape index (κ1) is 16.7. The summed E-state index contributed by atoms with van der Waals surface area (Å²) in [4.78, 5) is 16.9. The van der Waals surface area contributed by atoms with Gasteiger partial charge in [0.15, 0.2) is 9.84 Å². The van der Waals surface area contributed by atoms with E-state index in [2.05, 4.69) is 14.9 Å². The van der Waals surface area contributed by atoms with Crippen LogP contribution in [0.4, 0.5) is 0 Å². The molecule has 6 nitrogen and oxygen atoms in total. The highest BCUT2D eigenvalue weighted by Crippen LogP contribution is 2.16. The van der Waals surface area contributed by atoms with Crippen LogP contribution in [0.15, 0.2) is 30.5 Å². The number of sulfone groups is 1. The number of benzene rings is 1. The van der Waals surface area contributed by atoms with Crippen molar-refractivity contribution in [1.82, 2.24) is 14.9 Å². The Morgan fingerprint density at radius 3 is 2.96 bits per heavy atom. The number of imidazole rings is 1. The first-order valence-electron chi connectivity index (χ1n) is 7.90. The predicted octanol–water partition coefficient (Wildman–Crippen LogP) is 1.48. The number of amides is 1. The van der Waals surface area contributed by atoms with E-state index in [0.717, 1.165) is 24.4 Å². The maximum absolute atomic E-state index is 12.5. The molecule has 0 fully saturated rings. The minimum atomic E-state index is -3.12. The molecule has 0 spiro atoms. The van der Waals surface area contributed by atoms with Gasteiger partial charge in [-0.1, -0.05) is 12.1 Å². The monoisotopic (exact) mass is 347 g/mol. The quantitative estimate of drug-likeness (QED) is 0.908. The summed E-state index contributed by atoms with van der Waals surface area (Å²) < 4.78 is 24.9. The lowest BCUT2D eigenvalue weighted by atomic mass is 10.1. The molecule has 0 saturated heterocycles. The number of carbonyl (C=O) groups excluding carboxylic acids is 1. The van der Waals surface area contributed by atoms with Gasteiger partial charge in [0.1, 0.15) is 5.82 Å². The average molecular weight is 347 g/mol. The van der Waals surface area contributed by atoms with Crippen molar-refractivity contribution in [3.05, 3.63) is 53.1 Å². The zero-order chi connectivity index (χ0) is 17.3. The van der Waals surface area contributed by atoms with Gasteiger partial charge in [0.2, 0.25) is 0 Å². The number of aromatic nitrogens is 2. The van der Waals surface area contributed by atoms with Crippen molar-refractivity contribution in [3.63, 3.8) is 0 Å². The maximum Gasteiger partial charge on any atom is 0.251 e. The lowest BCUT2D eigenvalue weighted by Gasteiger charge is -2.24. The topological polar surface area (TPSA) is 81.1 Å². The number of carbonyl (C=O) groups is 1. The van der Waals surface area contributed by atoms with Crippen molar-refractivity contribution in [2.24, 2.45) is 0 Å². The van der Waals surface area contributed by atoms with Crippen LogP contribution in [0, 0.1) is 6.92 Å². The number of fused-ring (bicyclic) bond motifs is 1. The Morgan fingerprint density at radius 1 is 1.42 bits per heavy atom. The minimum absolute atomic E-state index is 0.0529. The number of nitrogens with one attached hydrogen (secondary N) is 1. The lowest BCUT2D eigenvalue weighted by Crippen LogP contribution is -2.40. The molecule has 2 heterocycles. The van der Waals surface area contributed by atoms with Crippen LogP contribution in [0.2, 0.25) is 0 Å². The Bertz CT molecular complexity index is 871. The van der Waals surface area contributed by atoms with Gasteiger partial charge >= 0.3 is 0 Å². The molecule has 0 radical (unpaired) electrons. The molecule has 1 aliphatic heterocycles. The van der Waals surface area contributed by atoms with Gasteiger partial charge in [-0.05, 0) is 31.0 Å². The van der Waals surface area contributed by atoms with Gasteiger partial charge in [0.25, 0.3) is 5.91 Å². The molecule has 24 heavy (non-hydrogen) atoms. The molecule has 0 bridgehead atoms. The highest BCUT2D eigenvalue weighted by Gasteiger charge is 2.21. The lowest BCUT2D eigenvalue weighted by molar-refractivity contribution is 0.0927. The van der Waals surface area contributed by atoms with E-state index in [-0.39, 0.29) is 17.7 Å². The Balaban J connectivity index is 1.68. The second-order valence-electron chi connectivity index (χ2n) is 6.43. The predicted molar refractivity (Wildman–Crippen MR) is 91.5 cm³/mol. The van der Waals surface area contributed by atoms with E-state index >= 15 is 0 Å². The van der Waals surface area contributed by atoms with Crippen molar-refractivity contribution in [2.75, 3.05) is 6.26 Å². The minimum Gasteiger partial charge on any atom is -0.347 e. The first-order valence-corrected chi connectivity index (χ1v) is 9.96. The number of nitrogens with zero attached hydrogens (tertiary/aromatic N) is 2. The van der Waals surface area contributed by atoms with E-state index in [9.17, 15) is 13.2 Å². The molecule has 0 aliphatic carbocycles. The summed E-state index contributed by atoms with van der Waals surface area (Å²) in [6.07, 6.45) is 4.88. The zero-order valence-electron chi connectivity index (χ0n) is 13.8. The summed E-state index contributed by atoms with van der Waals surface area (Å²) in [6.45, 7) is 2.68. The van der Waals surface area contributed by atoms with Gasteiger partial charge in [-0.3, -0.25) is 4.79 Å². The third-order valence-electron chi connectivity index (χ3n) is 4.07. The van der Waals surface area contributed by atoms with Crippen LogP contribution >= 0.6 is 0 Å². The van der Waals surface area contributed by atoms with Crippen molar-refractivity contribution in [3.8, 4) is 0 Å².